The van der Waals surface area contributed by atoms with E-state index >= 15 is 0 Å². The first-order valence-corrected chi connectivity index (χ1v) is 7.30. The number of nitrogens with two attached hydrogens (primary N) is 1. The summed E-state index contributed by atoms with van der Waals surface area (Å²) in [4.78, 5) is 13.9. The number of para-hydroxylation sites is 1. The molecule has 1 atom stereocenters. The van der Waals surface area contributed by atoms with E-state index < -0.39 is 12.3 Å². The van der Waals surface area contributed by atoms with Crippen LogP contribution >= 0.6 is 23.2 Å². The molecule has 0 aliphatic carbocycles. The molecule has 2 aromatic rings. The summed E-state index contributed by atoms with van der Waals surface area (Å²) in [5.41, 5.74) is 4.83. The molecule has 0 bridgehead atoms. The van der Waals surface area contributed by atoms with Crippen LogP contribution in [-0.4, -0.2) is 6.09 Å². The van der Waals surface area contributed by atoms with Gasteiger partial charge in [-0.15, -0.1) is 0 Å². The quantitative estimate of drug-likeness (QED) is 0.646. The smallest absolute Gasteiger partial charge is 0.408 e. The molecule has 7 heteroatoms. The number of hydrogen-bond donors (Lipinski definition) is 2. The molecule has 1 aliphatic heterocycles. The minimum atomic E-state index is -0.631. The van der Waals surface area contributed by atoms with E-state index in [2.05, 4.69) is 5.43 Å². The van der Waals surface area contributed by atoms with Crippen molar-refractivity contribution < 1.29 is 9.53 Å². The Labute approximate surface area is 137 Å². The van der Waals surface area contributed by atoms with Gasteiger partial charge in [-0.3, -0.25) is 10.7 Å². The Kier molecular flexibility index (Phi) is 3.97. The van der Waals surface area contributed by atoms with Crippen molar-refractivity contribution in [1.29, 1.82) is 0 Å². The van der Waals surface area contributed by atoms with Gasteiger partial charge < -0.3 is 4.74 Å². The van der Waals surface area contributed by atoms with Crippen LogP contribution in [0.1, 0.15) is 17.3 Å². The number of amides is 1. The molecule has 1 unspecified atom stereocenters. The number of rotatable bonds is 2. The van der Waals surface area contributed by atoms with Crippen molar-refractivity contribution in [3.8, 4) is 5.75 Å². The van der Waals surface area contributed by atoms with Gasteiger partial charge in [-0.2, -0.15) is 0 Å². The number of fused-ring (bicyclic) bond motifs is 1. The molecule has 22 heavy (non-hydrogen) atoms. The van der Waals surface area contributed by atoms with E-state index in [1.54, 1.807) is 6.07 Å². The highest BCUT2D eigenvalue weighted by Crippen LogP contribution is 2.42. The molecule has 0 saturated heterocycles. The SMILES string of the molecule is Cc1ccccc1N1C(=O)Oc2c(Cl)cc(Cl)cc2C1NN. The van der Waals surface area contributed by atoms with E-state index in [-0.39, 0.29) is 10.8 Å². The van der Waals surface area contributed by atoms with E-state index in [1.165, 1.54) is 11.0 Å². The normalized spacial score (nSPS) is 17.2. The Morgan fingerprint density at radius 3 is 2.68 bits per heavy atom. The zero-order valence-electron chi connectivity index (χ0n) is 11.6. The number of halogens is 2. The van der Waals surface area contributed by atoms with E-state index in [0.717, 1.165) is 5.56 Å². The maximum Gasteiger partial charge on any atom is 0.421 e. The molecular formula is C15H13Cl2N3O2. The summed E-state index contributed by atoms with van der Waals surface area (Å²) in [6.07, 6.45) is -1.19. The van der Waals surface area contributed by atoms with Crippen LogP contribution < -0.4 is 20.9 Å². The molecule has 1 heterocycles. The van der Waals surface area contributed by atoms with Crippen molar-refractivity contribution in [2.75, 3.05) is 4.90 Å². The summed E-state index contributed by atoms with van der Waals surface area (Å²) in [5.74, 6) is 5.94. The third-order valence-electron chi connectivity index (χ3n) is 3.51. The maximum absolute atomic E-state index is 12.4. The zero-order valence-corrected chi connectivity index (χ0v) is 13.2. The van der Waals surface area contributed by atoms with E-state index in [4.69, 9.17) is 33.8 Å². The molecule has 2 aromatic carbocycles. The summed E-state index contributed by atoms with van der Waals surface area (Å²) in [6, 6.07) is 10.6. The molecule has 0 radical (unpaired) electrons. The van der Waals surface area contributed by atoms with E-state index in [9.17, 15) is 4.79 Å². The predicted octanol–water partition coefficient (Wildman–Crippen LogP) is 3.78. The third kappa shape index (κ3) is 2.42. The van der Waals surface area contributed by atoms with Gasteiger partial charge in [0.1, 0.15) is 6.17 Å². The standard InChI is InChI=1S/C15H13Cl2N3O2/c1-8-4-2-3-5-12(8)20-14(19-18)10-6-9(16)7-11(17)13(10)22-15(20)21/h2-7,14,19H,18H2,1H3. The van der Waals surface area contributed by atoms with Gasteiger partial charge in [-0.25, -0.2) is 10.2 Å². The van der Waals surface area contributed by atoms with Crippen molar-refractivity contribution in [1.82, 2.24) is 5.43 Å². The first-order valence-electron chi connectivity index (χ1n) is 6.54. The molecule has 1 aliphatic rings. The van der Waals surface area contributed by atoms with Crippen LogP contribution in [0.25, 0.3) is 0 Å². The molecule has 3 rings (SSSR count). The average molecular weight is 338 g/mol. The number of ether oxygens (including phenoxy) is 1. The molecular weight excluding hydrogens is 325 g/mol. The predicted molar refractivity (Wildman–Crippen MR) is 86.2 cm³/mol. The lowest BCUT2D eigenvalue weighted by molar-refractivity contribution is 0.196. The zero-order chi connectivity index (χ0) is 15.9. The van der Waals surface area contributed by atoms with Gasteiger partial charge in [-0.05, 0) is 30.7 Å². The maximum atomic E-state index is 12.4. The Morgan fingerprint density at radius 1 is 1.27 bits per heavy atom. The highest BCUT2D eigenvalue weighted by molar-refractivity contribution is 6.36. The van der Waals surface area contributed by atoms with Crippen LogP contribution in [0.2, 0.25) is 10.0 Å². The Bertz CT molecular complexity index is 752. The lowest BCUT2D eigenvalue weighted by Gasteiger charge is -2.36. The van der Waals surface area contributed by atoms with Crippen LogP contribution in [-0.2, 0) is 0 Å². The number of carbonyl (C=O) groups is 1. The fraction of sp³-hybridized carbons (Fsp3) is 0.133. The van der Waals surface area contributed by atoms with Gasteiger partial charge in [0, 0.05) is 10.6 Å². The summed E-state index contributed by atoms with van der Waals surface area (Å²) in [7, 11) is 0. The summed E-state index contributed by atoms with van der Waals surface area (Å²) in [6.45, 7) is 1.90. The molecule has 114 valence electrons. The van der Waals surface area contributed by atoms with Crippen molar-refractivity contribution >= 4 is 35.0 Å². The second kappa shape index (κ2) is 5.78. The topological polar surface area (TPSA) is 67.6 Å². The number of nitrogens with zero attached hydrogens (tertiary/aromatic N) is 1. The number of hydrogen-bond acceptors (Lipinski definition) is 4. The monoisotopic (exact) mass is 337 g/mol. The first-order chi connectivity index (χ1) is 10.5. The fourth-order valence-corrected chi connectivity index (χ4v) is 3.06. The minimum absolute atomic E-state index is 0.264. The minimum Gasteiger partial charge on any atom is -0.408 e. The van der Waals surface area contributed by atoms with Crippen LogP contribution in [0.5, 0.6) is 5.75 Å². The number of aryl methyl sites for hydroxylation is 1. The van der Waals surface area contributed by atoms with Crippen molar-refractivity contribution in [3.63, 3.8) is 0 Å². The van der Waals surface area contributed by atoms with Crippen molar-refractivity contribution in [3.05, 3.63) is 57.6 Å². The number of benzene rings is 2. The number of anilines is 1. The highest BCUT2D eigenvalue weighted by Gasteiger charge is 2.37. The average Bonchev–Trinajstić information content (AvgIpc) is 2.48. The van der Waals surface area contributed by atoms with Gasteiger partial charge in [0.25, 0.3) is 0 Å². The molecule has 0 fully saturated rings. The van der Waals surface area contributed by atoms with Crippen LogP contribution in [0.15, 0.2) is 36.4 Å². The highest BCUT2D eigenvalue weighted by atomic mass is 35.5. The fourth-order valence-electron chi connectivity index (χ4n) is 2.51. The molecule has 0 aromatic heterocycles. The van der Waals surface area contributed by atoms with Gasteiger partial charge in [-0.1, -0.05) is 41.4 Å². The van der Waals surface area contributed by atoms with Gasteiger partial charge >= 0.3 is 6.09 Å². The lowest BCUT2D eigenvalue weighted by Crippen LogP contribution is -2.49. The number of nitrogens with one attached hydrogen (secondary N) is 1. The second-order valence-electron chi connectivity index (χ2n) is 4.90. The number of carbonyl (C=O) groups excluding carboxylic acids is 1. The largest absolute Gasteiger partial charge is 0.421 e. The molecule has 5 nitrogen and oxygen atoms in total. The van der Waals surface area contributed by atoms with Gasteiger partial charge in [0.15, 0.2) is 5.75 Å². The molecule has 3 N–H and O–H groups in total. The van der Waals surface area contributed by atoms with E-state index in [0.29, 0.717) is 16.3 Å². The van der Waals surface area contributed by atoms with Crippen LogP contribution in [0.3, 0.4) is 0 Å². The number of hydrazine groups is 1. The van der Waals surface area contributed by atoms with E-state index in [1.807, 2.05) is 31.2 Å². The summed E-state index contributed by atoms with van der Waals surface area (Å²) >= 11 is 12.2. The molecule has 0 saturated carbocycles. The Hall–Kier alpha value is -1.79. The van der Waals surface area contributed by atoms with Crippen molar-refractivity contribution in [2.24, 2.45) is 5.84 Å². The van der Waals surface area contributed by atoms with Crippen LogP contribution in [0, 0.1) is 6.92 Å². The van der Waals surface area contributed by atoms with Crippen LogP contribution in [0.4, 0.5) is 10.5 Å². The third-order valence-corrected chi connectivity index (χ3v) is 4.01. The Morgan fingerprint density at radius 2 is 2.00 bits per heavy atom. The van der Waals surface area contributed by atoms with Gasteiger partial charge in [0.2, 0.25) is 0 Å². The molecule has 0 spiro atoms. The van der Waals surface area contributed by atoms with Gasteiger partial charge in [0.05, 0.1) is 10.7 Å². The lowest BCUT2D eigenvalue weighted by atomic mass is 10.1. The second-order valence-corrected chi connectivity index (χ2v) is 5.74. The first kappa shape index (κ1) is 15.1. The Balaban J connectivity index is 2.17. The summed E-state index contributed by atoms with van der Waals surface area (Å²) < 4.78 is 5.37. The van der Waals surface area contributed by atoms with Crippen molar-refractivity contribution in [2.45, 2.75) is 13.1 Å². The summed E-state index contributed by atoms with van der Waals surface area (Å²) in [5, 5.41) is 0.701. The molecule has 1 amide bonds.